The molecule has 12 heteroatoms. The van der Waals surface area contributed by atoms with Crippen LogP contribution in [0.2, 0.25) is 0 Å². The van der Waals surface area contributed by atoms with Crippen LogP contribution in [0.1, 0.15) is 80.7 Å². The number of hydrogen-bond donors (Lipinski definition) is 2. The molecule has 2 aromatic heterocycles. The number of hydrogen-bond acceptors (Lipinski definition) is 8. The Hall–Kier alpha value is -2.70. The van der Waals surface area contributed by atoms with Crippen LogP contribution < -0.4 is 10.6 Å². The van der Waals surface area contributed by atoms with Gasteiger partial charge in [0.1, 0.15) is 11.7 Å². The molecule has 2 N–H and O–H groups in total. The van der Waals surface area contributed by atoms with E-state index < -0.39 is 45.7 Å². The van der Waals surface area contributed by atoms with Gasteiger partial charge in [-0.2, -0.15) is 4.31 Å². The predicted octanol–water partition coefficient (Wildman–Crippen LogP) is 3.23. The first kappa shape index (κ1) is 29.3. The molecule has 1 aliphatic carbocycles. The van der Waals surface area contributed by atoms with Gasteiger partial charge in [0, 0.05) is 17.6 Å². The van der Waals surface area contributed by atoms with Crippen LogP contribution in [0.4, 0.5) is 0 Å². The van der Waals surface area contributed by atoms with E-state index in [1.165, 1.54) is 23.6 Å². The van der Waals surface area contributed by atoms with Crippen molar-refractivity contribution in [1.29, 1.82) is 0 Å². The molecule has 2 aliphatic rings. The molecule has 39 heavy (non-hydrogen) atoms. The number of Topliss-reactive ketones (excluding diaryl/α,β-unsaturated/α-hetero) is 1. The number of sulfonamides is 1. The summed E-state index contributed by atoms with van der Waals surface area (Å²) in [4.78, 5) is 48.0. The lowest BCUT2D eigenvalue weighted by Gasteiger charge is -2.36. The summed E-state index contributed by atoms with van der Waals surface area (Å²) < 4.78 is 27.6. The van der Waals surface area contributed by atoms with Crippen molar-refractivity contribution in [3.8, 4) is 0 Å². The van der Waals surface area contributed by atoms with Gasteiger partial charge in [-0.05, 0) is 63.5 Å². The number of nitrogens with zero attached hydrogens (tertiary/aromatic N) is 3. The summed E-state index contributed by atoms with van der Waals surface area (Å²) in [6.45, 7) is 5.34. The minimum Gasteiger partial charge on any atom is -0.344 e. The van der Waals surface area contributed by atoms with Crippen LogP contribution in [0.3, 0.4) is 0 Å². The first-order chi connectivity index (χ1) is 18.5. The molecule has 1 saturated heterocycles. The molecule has 2 fully saturated rings. The second-order valence-corrected chi connectivity index (χ2v) is 13.9. The van der Waals surface area contributed by atoms with E-state index in [4.69, 9.17) is 0 Å². The van der Waals surface area contributed by atoms with Gasteiger partial charge >= 0.3 is 0 Å². The zero-order chi connectivity index (χ0) is 28.2. The largest absolute Gasteiger partial charge is 0.344 e. The van der Waals surface area contributed by atoms with E-state index in [0.717, 1.165) is 41.4 Å². The summed E-state index contributed by atoms with van der Waals surface area (Å²) in [7, 11) is -3.98. The van der Waals surface area contributed by atoms with Gasteiger partial charge in [-0.15, -0.1) is 11.3 Å². The zero-order valence-corrected chi connectivity index (χ0v) is 24.3. The van der Waals surface area contributed by atoms with Crippen LogP contribution >= 0.6 is 11.3 Å². The van der Waals surface area contributed by atoms with Crippen LogP contribution in [-0.2, 0) is 19.6 Å². The number of aromatic nitrogens is 2. The van der Waals surface area contributed by atoms with Crippen molar-refractivity contribution in [2.45, 2.75) is 95.3 Å². The summed E-state index contributed by atoms with van der Waals surface area (Å²) in [6, 6.07) is 2.46. The van der Waals surface area contributed by atoms with Crippen LogP contribution in [0.15, 0.2) is 34.8 Å². The van der Waals surface area contributed by atoms with E-state index in [1.54, 1.807) is 24.4 Å². The van der Waals surface area contributed by atoms with Gasteiger partial charge in [0.15, 0.2) is 10.8 Å². The smallest absolute Gasteiger partial charge is 0.271 e. The second-order valence-electron chi connectivity index (χ2n) is 11.0. The van der Waals surface area contributed by atoms with Gasteiger partial charge in [0.2, 0.25) is 5.91 Å². The van der Waals surface area contributed by atoms with Crippen LogP contribution in [0.5, 0.6) is 0 Å². The van der Waals surface area contributed by atoms with Crippen LogP contribution in [0, 0.1) is 12.3 Å². The predicted molar refractivity (Wildman–Crippen MR) is 148 cm³/mol. The lowest BCUT2D eigenvalue weighted by atomic mass is 9.71. The van der Waals surface area contributed by atoms with Gasteiger partial charge in [0.25, 0.3) is 15.9 Å². The van der Waals surface area contributed by atoms with Crippen molar-refractivity contribution >= 4 is 39.0 Å². The summed E-state index contributed by atoms with van der Waals surface area (Å²) in [6.07, 6.45) is 7.75. The Bertz CT molecular complexity index is 1290. The molecular weight excluding hydrogens is 538 g/mol. The van der Waals surface area contributed by atoms with Crippen molar-refractivity contribution in [3.63, 3.8) is 0 Å². The molecule has 0 aromatic carbocycles. The standard InChI is InChI=1S/C27H37N5O5S2/c1-18-10-11-20(23(33)16-32(18)39(36,37)24-9-5-8-14-28-24)30-25(34)21(15-27(3)12-6-4-7-13-27)31-26(35)22-17-38-19(2)29-22/h5,8-9,14,17-18,20-21H,4,6-7,10-13,15-16H2,1-3H3,(H,30,34)(H,31,35)/t18-,20+,21+/m1/s1. The first-order valence-corrected chi connectivity index (χ1v) is 15.8. The van der Waals surface area contributed by atoms with Gasteiger partial charge in [0.05, 0.1) is 17.6 Å². The topological polar surface area (TPSA) is 138 Å². The number of carbonyl (C=O) groups is 3. The van der Waals surface area contributed by atoms with Crippen molar-refractivity contribution in [1.82, 2.24) is 24.9 Å². The minimum atomic E-state index is -3.98. The Kier molecular flexibility index (Phi) is 9.18. The Labute approximate surface area is 234 Å². The molecule has 212 valence electrons. The second kappa shape index (κ2) is 12.2. The van der Waals surface area contributed by atoms with Gasteiger partial charge in [-0.1, -0.05) is 32.3 Å². The van der Waals surface area contributed by atoms with E-state index >= 15 is 0 Å². The molecule has 3 heterocycles. The maximum absolute atomic E-state index is 13.6. The normalized spacial score (nSPS) is 23.0. The maximum atomic E-state index is 13.6. The van der Waals surface area contributed by atoms with E-state index in [9.17, 15) is 22.8 Å². The highest BCUT2D eigenvalue weighted by Gasteiger charge is 2.39. The number of amides is 2. The third-order valence-corrected chi connectivity index (χ3v) is 10.5. The SMILES string of the molecule is Cc1nc(C(=O)N[C@@H](CC2(C)CCCCC2)C(=O)N[C@H]2CC[C@@H](C)N(S(=O)(=O)c3ccccn3)CC2=O)cs1. The summed E-state index contributed by atoms with van der Waals surface area (Å²) >= 11 is 1.36. The lowest BCUT2D eigenvalue weighted by molar-refractivity contribution is -0.129. The third kappa shape index (κ3) is 7.09. The highest BCUT2D eigenvalue weighted by Crippen LogP contribution is 2.39. The monoisotopic (exact) mass is 575 g/mol. The maximum Gasteiger partial charge on any atom is 0.271 e. The molecule has 0 unspecified atom stereocenters. The molecular formula is C27H37N5O5S2. The molecule has 1 aliphatic heterocycles. The number of thiazole rings is 1. The number of carbonyl (C=O) groups excluding carboxylic acids is 3. The summed E-state index contributed by atoms with van der Waals surface area (Å²) in [5.74, 6) is -1.25. The molecule has 4 rings (SSSR count). The highest BCUT2D eigenvalue weighted by atomic mass is 32.2. The van der Waals surface area contributed by atoms with Gasteiger partial charge in [-0.3, -0.25) is 14.4 Å². The molecule has 0 radical (unpaired) electrons. The average molecular weight is 576 g/mol. The lowest BCUT2D eigenvalue weighted by Crippen LogP contribution is -2.53. The van der Waals surface area contributed by atoms with Gasteiger partial charge < -0.3 is 10.6 Å². The summed E-state index contributed by atoms with van der Waals surface area (Å²) in [5, 5.41) is 8.02. The minimum absolute atomic E-state index is 0.110. The third-order valence-electron chi connectivity index (χ3n) is 7.82. The first-order valence-electron chi connectivity index (χ1n) is 13.5. The fourth-order valence-corrected chi connectivity index (χ4v) is 7.66. The van der Waals surface area contributed by atoms with Crippen molar-refractivity contribution in [3.05, 3.63) is 40.5 Å². The van der Waals surface area contributed by atoms with E-state index in [2.05, 4.69) is 27.5 Å². The van der Waals surface area contributed by atoms with Crippen molar-refractivity contribution < 1.29 is 22.8 Å². The van der Waals surface area contributed by atoms with E-state index in [1.807, 2.05) is 6.92 Å². The Balaban J connectivity index is 1.50. The van der Waals surface area contributed by atoms with Crippen molar-refractivity contribution in [2.75, 3.05) is 6.54 Å². The quantitative estimate of drug-likeness (QED) is 0.493. The molecule has 2 amide bonds. The summed E-state index contributed by atoms with van der Waals surface area (Å²) in [5.41, 5.74) is 0.153. The zero-order valence-electron chi connectivity index (χ0n) is 22.7. The fourth-order valence-electron chi connectivity index (χ4n) is 5.51. The Morgan fingerprint density at radius 1 is 1.21 bits per heavy atom. The van der Waals surface area contributed by atoms with Crippen LogP contribution in [-0.4, -0.2) is 65.0 Å². The number of aryl methyl sites for hydroxylation is 1. The number of pyridine rings is 1. The number of rotatable bonds is 8. The van der Waals surface area contributed by atoms with Crippen molar-refractivity contribution in [2.24, 2.45) is 5.41 Å². The Morgan fingerprint density at radius 3 is 2.59 bits per heavy atom. The average Bonchev–Trinajstić information content (AvgIpc) is 3.29. The molecule has 10 nitrogen and oxygen atoms in total. The fraction of sp³-hybridized carbons (Fsp3) is 0.593. The Morgan fingerprint density at radius 2 is 1.95 bits per heavy atom. The molecule has 3 atom stereocenters. The molecule has 0 spiro atoms. The number of nitrogens with one attached hydrogen (secondary N) is 2. The highest BCUT2D eigenvalue weighted by molar-refractivity contribution is 7.89. The molecule has 2 aromatic rings. The van der Waals surface area contributed by atoms with E-state index in [0.29, 0.717) is 19.3 Å². The number of ketones is 1. The van der Waals surface area contributed by atoms with Gasteiger partial charge in [-0.25, -0.2) is 18.4 Å². The molecule has 0 bridgehead atoms. The molecule has 1 saturated carbocycles. The van der Waals surface area contributed by atoms with E-state index in [-0.39, 0.29) is 22.7 Å². The van der Waals surface area contributed by atoms with Crippen LogP contribution in [0.25, 0.3) is 0 Å².